The highest BCUT2D eigenvalue weighted by Gasteiger charge is 2.33. The van der Waals surface area contributed by atoms with E-state index < -0.39 is 0 Å². The number of hydrogen-bond acceptors (Lipinski definition) is 2. The molecule has 2 aliphatic heterocycles. The Bertz CT molecular complexity index is 551. The molecule has 1 aromatic rings. The molecule has 0 aromatic heterocycles. The molecule has 4 rings (SSSR count). The molecule has 2 amide bonds. The molecule has 4 nitrogen and oxygen atoms in total. The molecule has 1 aliphatic carbocycles. The van der Waals surface area contributed by atoms with E-state index in [1.807, 2.05) is 6.92 Å². The summed E-state index contributed by atoms with van der Waals surface area (Å²) in [6.07, 6.45) is 0.884. The lowest BCUT2D eigenvalue weighted by Gasteiger charge is -2.33. The highest BCUT2D eigenvalue weighted by Crippen LogP contribution is 2.39. The van der Waals surface area contributed by atoms with Crippen LogP contribution in [0, 0.1) is 0 Å². The summed E-state index contributed by atoms with van der Waals surface area (Å²) in [7, 11) is 0. The third kappa shape index (κ3) is 1.52. The second-order valence-electron chi connectivity index (χ2n) is 5.24. The fraction of sp³-hybridized carbons (Fsp3) is 0.429. The lowest BCUT2D eigenvalue weighted by molar-refractivity contribution is 0.0904. The normalized spacial score (nSPS) is 25.9. The number of amides is 2. The lowest BCUT2D eigenvalue weighted by atomic mass is 9.73. The molecule has 2 unspecified atom stereocenters. The first-order valence-corrected chi connectivity index (χ1v) is 6.32. The van der Waals surface area contributed by atoms with Crippen molar-refractivity contribution in [3.63, 3.8) is 0 Å². The Kier molecular flexibility index (Phi) is 2.40. The van der Waals surface area contributed by atoms with Gasteiger partial charge in [-0.3, -0.25) is 9.59 Å². The Morgan fingerprint density at radius 3 is 2.56 bits per heavy atom. The fourth-order valence-corrected chi connectivity index (χ4v) is 2.83. The third-order valence-corrected chi connectivity index (χ3v) is 3.80. The van der Waals surface area contributed by atoms with E-state index in [1.54, 1.807) is 12.1 Å². The highest BCUT2D eigenvalue weighted by molar-refractivity contribution is 6.02. The van der Waals surface area contributed by atoms with Crippen molar-refractivity contribution < 1.29 is 9.59 Å². The number of nitrogens with one attached hydrogen (secondary N) is 2. The van der Waals surface area contributed by atoms with Crippen molar-refractivity contribution in [2.75, 3.05) is 6.54 Å². The predicted molar refractivity (Wildman–Crippen MR) is 67.8 cm³/mol. The predicted octanol–water partition coefficient (Wildman–Crippen LogP) is 1.21. The van der Waals surface area contributed by atoms with Crippen molar-refractivity contribution in [1.29, 1.82) is 0 Å². The minimum absolute atomic E-state index is 0.0343. The Balaban J connectivity index is 2.16. The van der Waals surface area contributed by atoms with Crippen LogP contribution in [-0.4, -0.2) is 24.4 Å². The van der Waals surface area contributed by atoms with E-state index in [0.29, 0.717) is 12.5 Å². The second kappa shape index (κ2) is 3.83. The summed E-state index contributed by atoms with van der Waals surface area (Å²) in [5, 5.41) is 5.78. The van der Waals surface area contributed by atoms with Gasteiger partial charge in [0.2, 0.25) is 0 Å². The van der Waals surface area contributed by atoms with Gasteiger partial charge in [0.25, 0.3) is 11.8 Å². The van der Waals surface area contributed by atoms with Crippen molar-refractivity contribution in [3.05, 3.63) is 34.4 Å². The molecule has 0 saturated heterocycles. The first kappa shape index (κ1) is 11.3. The third-order valence-electron chi connectivity index (χ3n) is 3.80. The van der Waals surface area contributed by atoms with Crippen LogP contribution in [0.15, 0.2) is 12.1 Å². The van der Waals surface area contributed by atoms with Gasteiger partial charge in [-0.25, -0.2) is 0 Å². The Labute approximate surface area is 106 Å². The summed E-state index contributed by atoms with van der Waals surface area (Å²) in [6.45, 7) is 4.45. The number of carbonyl (C=O) groups excluding carboxylic acids is 2. The van der Waals surface area contributed by atoms with Crippen molar-refractivity contribution >= 4 is 11.8 Å². The molecule has 4 heteroatoms. The molecule has 94 valence electrons. The maximum Gasteiger partial charge on any atom is 0.251 e. The van der Waals surface area contributed by atoms with Gasteiger partial charge in [0, 0.05) is 23.7 Å². The van der Waals surface area contributed by atoms with Gasteiger partial charge in [0.1, 0.15) is 0 Å². The highest BCUT2D eigenvalue weighted by atomic mass is 16.2. The first-order valence-electron chi connectivity index (χ1n) is 6.32. The summed E-state index contributed by atoms with van der Waals surface area (Å²) < 4.78 is 0. The zero-order valence-corrected chi connectivity index (χ0v) is 10.5. The van der Waals surface area contributed by atoms with Gasteiger partial charge in [-0.15, -0.1) is 0 Å². The van der Waals surface area contributed by atoms with Crippen LogP contribution >= 0.6 is 0 Å². The molecule has 0 radical (unpaired) electrons. The Morgan fingerprint density at radius 2 is 1.83 bits per heavy atom. The quantitative estimate of drug-likeness (QED) is 0.720. The minimum atomic E-state index is -0.0540. The first-order chi connectivity index (χ1) is 8.58. The molecule has 0 fully saturated rings. The van der Waals surface area contributed by atoms with E-state index in [9.17, 15) is 9.59 Å². The number of rotatable bonds is 0. The zero-order valence-electron chi connectivity index (χ0n) is 10.5. The van der Waals surface area contributed by atoms with Gasteiger partial charge in [-0.1, -0.05) is 6.92 Å². The molecule has 18 heavy (non-hydrogen) atoms. The Morgan fingerprint density at radius 1 is 1.11 bits per heavy atom. The van der Waals surface area contributed by atoms with Crippen molar-refractivity contribution in [2.24, 2.45) is 0 Å². The van der Waals surface area contributed by atoms with E-state index >= 15 is 0 Å². The van der Waals surface area contributed by atoms with Crippen LogP contribution in [-0.2, 0) is 6.42 Å². The molecular weight excluding hydrogens is 228 g/mol. The van der Waals surface area contributed by atoms with Crippen LogP contribution < -0.4 is 10.6 Å². The Hall–Kier alpha value is -1.84. The molecular formula is C14H16N2O2. The van der Waals surface area contributed by atoms with Crippen LogP contribution in [0.25, 0.3) is 0 Å². The van der Waals surface area contributed by atoms with E-state index in [0.717, 1.165) is 28.7 Å². The monoisotopic (exact) mass is 244 g/mol. The molecule has 2 bridgehead atoms. The topological polar surface area (TPSA) is 58.2 Å². The number of carbonyl (C=O) groups is 2. The van der Waals surface area contributed by atoms with Crippen LogP contribution in [0.4, 0.5) is 0 Å². The van der Waals surface area contributed by atoms with E-state index in [2.05, 4.69) is 17.6 Å². The zero-order chi connectivity index (χ0) is 12.9. The van der Waals surface area contributed by atoms with E-state index in [4.69, 9.17) is 0 Å². The standard InChI is InChI=1S/C14H16N2O2/c1-7-5-11-9-3-4-10(12(7)11)14(18)16-8(2)6-15-13(9)17/h3-4,7-8H,5-6H2,1-2H3,(H,15,17)(H,16,18). The number of benzene rings is 1. The maximum atomic E-state index is 12.2. The largest absolute Gasteiger partial charge is 0.350 e. The number of fused-ring (bicyclic) bond motifs is 6. The summed E-state index contributed by atoms with van der Waals surface area (Å²) in [4.78, 5) is 24.2. The maximum absolute atomic E-state index is 12.2. The van der Waals surface area contributed by atoms with Crippen LogP contribution in [0.2, 0.25) is 0 Å². The van der Waals surface area contributed by atoms with E-state index in [1.165, 1.54) is 0 Å². The van der Waals surface area contributed by atoms with Gasteiger partial charge >= 0.3 is 0 Å². The molecule has 1 aromatic carbocycles. The molecule has 2 N–H and O–H groups in total. The van der Waals surface area contributed by atoms with Crippen molar-refractivity contribution in [2.45, 2.75) is 32.2 Å². The van der Waals surface area contributed by atoms with Gasteiger partial charge in [0.15, 0.2) is 0 Å². The SMILES string of the molecule is CC1CNC(=O)c2ccc(c3c2CC3C)C(=O)N1. The minimum Gasteiger partial charge on any atom is -0.350 e. The molecule has 0 saturated carbocycles. The van der Waals surface area contributed by atoms with E-state index in [-0.39, 0.29) is 17.9 Å². The van der Waals surface area contributed by atoms with Crippen LogP contribution in [0.5, 0.6) is 0 Å². The van der Waals surface area contributed by atoms with Gasteiger partial charge in [-0.05, 0) is 42.5 Å². The van der Waals surface area contributed by atoms with Crippen molar-refractivity contribution in [3.8, 4) is 0 Å². The molecule has 3 aliphatic rings. The fourth-order valence-electron chi connectivity index (χ4n) is 2.83. The molecule has 2 heterocycles. The van der Waals surface area contributed by atoms with Crippen LogP contribution in [0.1, 0.15) is 51.6 Å². The van der Waals surface area contributed by atoms with Gasteiger partial charge in [0.05, 0.1) is 0 Å². The molecule has 0 spiro atoms. The lowest BCUT2D eigenvalue weighted by Crippen LogP contribution is -2.44. The van der Waals surface area contributed by atoms with Crippen LogP contribution in [0.3, 0.4) is 0 Å². The molecule has 2 atom stereocenters. The number of hydrogen-bond donors (Lipinski definition) is 2. The average Bonchev–Trinajstić information content (AvgIpc) is 2.32. The smallest absolute Gasteiger partial charge is 0.251 e. The van der Waals surface area contributed by atoms with Gasteiger partial charge in [-0.2, -0.15) is 0 Å². The van der Waals surface area contributed by atoms with Gasteiger partial charge < -0.3 is 10.6 Å². The summed E-state index contributed by atoms with van der Waals surface area (Å²) in [5.41, 5.74) is 3.55. The summed E-state index contributed by atoms with van der Waals surface area (Å²) in [6, 6.07) is 3.49. The van der Waals surface area contributed by atoms with Crippen molar-refractivity contribution in [1.82, 2.24) is 10.6 Å². The average molecular weight is 244 g/mol. The summed E-state index contributed by atoms with van der Waals surface area (Å²) >= 11 is 0. The summed E-state index contributed by atoms with van der Waals surface area (Å²) in [5.74, 6) is 0.295. The second-order valence-corrected chi connectivity index (χ2v) is 5.24.